The number of benzene rings is 4. The van der Waals surface area contributed by atoms with E-state index in [0.717, 1.165) is 12.1 Å². The normalized spacial score (nSPS) is 11.9. The van der Waals surface area contributed by atoms with Gasteiger partial charge in [0.15, 0.2) is 0 Å². The molecule has 0 aliphatic carbocycles. The number of hydrogen-bond donors (Lipinski definition) is 3. The van der Waals surface area contributed by atoms with Crippen LogP contribution in [-0.2, 0) is 16.0 Å². The van der Waals surface area contributed by atoms with Crippen LogP contribution < -0.4 is 10.6 Å². The van der Waals surface area contributed by atoms with E-state index in [1.165, 1.54) is 36.4 Å². The standard InChI is InChI=1S/C35H29ClF2N4O6/c1-35(2,3)47-34(46)39-24-11-8-20(9-12-24)32-41-30(42-48-32)26-13-7-19(15-27(26)37)16-29(33(44)45)40-31(43)22-6-4-5-21(17-22)25-14-10-23(36)18-28(25)38/h4-15,17-18,29H,16H2,1-3H3,(H,39,46)(H,40,43)(H,44,45)/t29-/m1/s1. The van der Waals surface area contributed by atoms with E-state index < -0.39 is 41.2 Å². The van der Waals surface area contributed by atoms with Crippen molar-refractivity contribution in [3.63, 3.8) is 0 Å². The second-order valence-electron chi connectivity index (χ2n) is 11.7. The van der Waals surface area contributed by atoms with Gasteiger partial charge in [-0.25, -0.2) is 18.4 Å². The lowest BCUT2D eigenvalue weighted by Crippen LogP contribution is -2.42. The summed E-state index contributed by atoms with van der Waals surface area (Å²) in [5.41, 5.74) is 1.38. The third kappa shape index (κ3) is 8.39. The first-order valence-corrected chi connectivity index (χ1v) is 15.0. The zero-order chi connectivity index (χ0) is 34.6. The zero-order valence-electron chi connectivity index (χ0n) is 25.9. The van der Waals surface area contributed by atoms with E-state index in [4.69, 9.17) is 20.9 Å². The monoisotopic (exact) mass is 674 g/mol. The van der Waals surface area contributed by atoms with Crippen LogP contribution in [0.1, 0.15) is 36.7 Å². The Morgan fingerprint density at radius 3 is 2.29 bits per heavy atom. The number of aliphatic carboxylic acids is 1. The highest BCUT2D eigenvalue weighted by molar-refractivity contribution is 6.30. The molecule has 0 aliphatic heterocycles. The molecule has 1 heterocycles. The highest BCUT2D eigenvalue weighted by atomic mass is 35.5. The van der Waals surface area contributed by atoms with Gasteiger partial charge in [0.25, 0.3) is 11.8 Å². The molecular weight excluding hydrogens is 646 g/mol. The van der Waals surface area contributed by atoms with Gasteiger partial charge in [0.2, 0.25) is 5.82 Å². The number of carboxylic acids is 1. The molecular formula is C35H29ClF2N4O6. The number of halogens is 3. The fourth-order valence-electron chi connectivity index (χ4n) is 4.66. The number of carboxylic acid groups (broad SMARTS) is 1. The van der Waals surface area contributed by atoms with E-state index in [-0.39, 0.29) is 45.4 Å². The van der Waals surface area contributed by atoms with Crippen molar-refractivity contribution in [1.82, 2.24) is 15.5 Å². The molecule has 0 saturated heterocycles. The first kappa shape index (κ1) is 33.7. The Bertz CT molecular complexity index is 1990. The molecule has 0 fully saturated rings. The summed E-state index contributed by atoms with van der Waals surface area (Å²) in [6, 6.07) is 19.3. The maximum Gasteiger partial charge on any atom is 0.412 e. The minimum atomic E-state index is -1.40. The largest absolute Gasteiger partial charge is 0.480 e. The maximum absolute atomic E-state index is 15.2. The van der Waals surface area contributed by atoms with Crippen molar-refractivity contribution < 1.29 is 37.5 Å². The molecule has 13 heteroatoms. The zero-order valence-corrected chi connectivity index (χ0v) is 26.6. The minimum Gasteiger partial charge on any atom is -0.480 e. The van der Waals surface area contributed by atoms with Crippen molar-refractivity contribution >= 4 is 35.3 Å². The average Bonchev–Trinajstić information content (AvgIpc) is 3.50. The molecule has 0 aliphatic rings. The van der Waals surface area contributed by atoms with E-state index in [2.05, 4.69) is 20.8 Å². The molecule has 1 atom stereocenters. The molecule has 246 valence electrons. The predicted octanol–water partition coefficient (Wildman–Crippen LogP) is 7.77. The van der Waals surface area contributed by atoms with Crippen LogP contribution in [0.3, 0.4) is 0 Å². The number of hydrogen-bond acceptors (Lipinski definition) is 7. The highest BCUT2D eigenvalue weighted by Crippen LogP contribution is 2.28. The van der Waals surface area contributed by atoms with E-state index in [0.29, 0.717) is 16.8 Å². The summed E-state index contributed by atoms with van der Waals surface area (Å²) in [4.78, 5) is 41.3. The van der Waals surface area contributed by atoms with Crippen LogP contribution in [0.25, 0.3) is 34.0 Å². The Morgan fingerprint density at radius 1 is 0.917 bits per heavy atom. The van der Waals surface area contributed by atoms with Crippen LogP contribution in [0.4, 0.5) is 19.3 Å². The van der Waals surface area contributed by atoms with Crippen molar-refractivity contribution in [2.24, 2.45) is 0 Å². The van der Waals surface area contributed by atoms with Crippen LogP contribution in [-0.4, -0.2) is 44.9 Å². The number of amides is 2. The molecule has 5 aromatic rings. The van der Waals surface area contributed by atoms with Crippen LogP contribution in [0.5, 0.6) is 0 Å². The Morgan fingerprint density at radius 2 is 1.62 bits per heavy atom. The fourth-order valence-corrected chi connectivity index (χ4v) is 4.82. The summed E-state index contributed by atoms with van der Waals surface area (Å²) in [6.45, 7) is 5.26. The van der Waals surface area contributed by atoms with Gasteiger partial charge in [-0.3, -0.25) is 10.1 Å². The van der Waals surface area contributed by atoms with Gasteiger partial charge >= 0.3 is 12.1 Å². The number of nitrogens with zero attached hydrogens (tertiary/aromatic N) is 2. The van der Waals surface area contributed by atoms with E-state index >= 15 is 4.39 Å². The third-order valence-electron chi connectivity index (χ3n) is 6.89. The number of aromatic nitrogens is 2. The summed E-state index contributed by atoms with van der Waals surface area (Å²) in [7, 11) is 0. The lowest BCUT2D eigenvalue weighted by Gasteiger charge is -2.19. The second kappa shape index (κ2) is 14.0. The van der Waals surface area contributed by atoms with Gasteiger partial charge in [-0.15, -0.1) is 0 Å². The number of carbonyl (C=O) groups excluding carboxylic acids is 2. The van der Waals surface area contributed by atoms with Crippen LogP contribution in [0.2, 0.25) is 5.02 Å². The molecule has 0 spiro atoms. The Labute approximate surface area is 278 Å². The number of nitrogens with one attached hydrogen (secondary N) is 2. The molecule has 0 bridgehead atoms. The van der Waals surface area contributed by atoms with Gasteiger partial charge in [-0.05, 0) is 98.6 Å². The number of ether oxygens (including phenoxy) is 1. The molecule has 48 heavy (non-hydrogen) atoms. The molecule has 3 N–H and O–H groups in total. The molecule has 10 nitrogen and oxygen atoms in total. The predicted molar refractivity (Wildman–Crippen MR) is 174 cm³/mol. The summed E-state index contributed by atoms with van der Waals surface area (Å²) in [5.74, 6) is -3.27. The molecule has 0 radical (unpaired) electrons. The van der Waals surface area contributed by atoms with Gasteiger partial charge in [0.05, 0.1) is 5.56 Å². The highest BCUT2D eigenvalue weighted by Gasteiger charge is 2.23. The van der Waals surface area contributed by atoms with Crippen LogP contribution in [0.15, 0.2) is 89.5 Å². The van der Waals surface area contributed by atoms with Crippen LogP contribution >= 0.6 is 11.6 Å². The van der Waals surface area contributed by atoms with E-state index in [9.17, 15) is 23.9 Å². The van der Waals surface area contributed by atoms with Crippen molar-refractivity contribution in [3.8, 4) is 34.0 Å². The molecule has 1 aromatic heterocycles. The van der Waals surface area contributed by atoms with Gasteiger partial charge < -0.3 is 19.7 Å². The van der Waals surface area contributed by atoms with Gasteiger partial charge in [0, 0.05) is 33.8 Å². The van der Waals surface area contributed by atoms with Crippen molar-refractivity contribution in [1.29, 1.82) is 0 Å². The first-order chi connectivity index (χ1) is 22.8. The molecule has 4 aromatic carbocycles. The summed E-state index contributed by atoms with van der Waals surface area (Å²) < 4.78 is 40.2. The molecule has 0 unspecified atom stereocenters. The van der Waals surface area contributed by atoms with Crippen molar-refractivity contribution in [2.75, 3.05) is 5.32 Å². The first-order valence-electron chi connectivity index (χ1n) is 14.6. The number of rotatable bonds is 9. The molecule has 0 saturated carbocycles. The minimum absolute atomic E-state index is 0.0131. The second-order valence-corrected chi connectivity index (χ2v) is 12.2. The van der Waals surface area contributed by atoms with Crippen LogP contribution in [0, 0.1) is 11.6 Å². The summed E-state index contributed by atoms with van der Waals surface area (Å²) in [6.07, 6.45) is -0.838. The van der Waals surface area contributed by atoms with Crippen molar-refractivity contribution in [3.05, 3.63) is 113 Å². The number of carbonyl (C=O) groups is 3. The smallest absolute Gasteiger partial charge is 0.412 e. The van der Waals surface area contributed by atoms with E-state index in [1.807, 2.05) is 0 Å². The van der Waals surface area contributed by atoms with Crippen molar-refractivity contribution in [2.45, 2.75) is 38.8 Å². The van der Waals surface area contributed by atoms with Gasteiger partial charge in [-0.1, -0.05) is 35.0 Å². The summed E-state index contributed by atoms with van der Waals surface area (Å²) in [5, 5.41) is 19.0. The van der Waals surface area contributed by atoms with Gasteiger partial charge in [-0.2, -0.15) is 4.98 Å². The summed E-state index contributed by atoms with van der Waals surface area (Å²) >= 11 is 5.84. The molecule has 5 rings (SSSR count). The Hall–Kier alpha value is -5.62. The average molecular weight is 675 g/mol. The van der Waals surface area contributed by atoms with Gasteiger partial charge in [0.1, 0.15) is 23.3 Å². The topological polar surface area (TPSA) is 144 Å². The number of anilines is 1. The lowest BCUT2D eigenvalue weighted by atomic mass is 10.0. The third-order valence-corrected chi connectivity index (χ3v) is 7.12. The molecule has 2 amide bonds. The fraction of sp³-hybridized carbons (Fsp3) is 0.171. The Balaban J connectivity index is 1.25. The van der Waals surface area contributed by atoms with E-state index in [1.54, 1.807) is 57.2 Å². The maximum atomic E-state index is 15.2. The SMILES string of the molecule is CC(C)(C)OC(=O)Nc1ccc(-c2nc(-c3ccc(C[C@@H](NC(=O)c4cccc(-c5ccc(Cl)cc5F)c4)C(=O)O)cc3F)no2)cc1. The quantitative estimate of drug-likeness (QED) is 0.144. The Kier molecular flexibility index (Phi) is 9.85. The lowest BCUT2D eigenvalue weighted by molar-refractivity contribution is -0.139.